The highest BCUT2D eigenvalue weighted by Crippen LogP contribution is 2.18. The first-order valence-electron chi connectivity index (χ1n) is 9.26. The molecule has 3 rings (SSSR count). The van der Waals surface area contributed by atoms with Crippen LogP contribution in [0.3, 0.4) is 0 Å². The van der Waals surface area contributed by atoms with Crippen LogP contribution in [0.25, 0.3) is 0 Å². The first-order chi connectivity index (χ1) is 14.0. The lowest BCUT2D eigenvalue weighted by Gasteiger charge is -2.09. The van der Waals surface area contributed by atoms with E-state index >= 15 is 0 Å². The number of ether oxygens (including phenoxy) is 1. The first-order valence-corrected chi connectivity index (χ1v) is 10.1. The van der Waals surface area contributed by atoms with E-state index in [4.69, 9.17) is 4.74 Å². The quantitative estimate of drug-likeness (QED) is 0.479. The minimum Gasteiger partial charge on any atom is -0.494 e. The van der Waals surface area contributed by atoms with E-state index in [9.17, 15) is 9.59 Å². The van der Waals surface area contributed by atoms with E-state index in [1.54, 1.807) is 54.6 Å². The van der Waals surface area contributed by atoms with Gasteiger partial charge in [-0.2, -0.15) is 0 Å². The number of hydrogen-bond acceptors (Lipinski definition) is 3. The number of benzene rings is 3. The molecule has 0 aliphatic carbocycles. The second kappa shape index (κ2) is 9.89. The maximum atomic E-state index is 12.5. The molecular formula is C23H21BrN2O3. The van der Waals surface area contributed by atoms with Gasteiger partial charge in [0.25, 0.3) is 11.8 Å². The van der Waals surface area contributed by atoms with Crippen LogP contribution in [-0.4, -0.2) is 18.4 Å². The average molecular weight is 453 g/mol. The molecule has 0 bridgehead atoms. The smallest absolute Gasteiger partial charge is 0.255 e. The summed E-state index contributed by atoms with van der Waals surface area (Å²) in [4.78, 5) is 24.7. The highest BCUT2D eigenvalue weighted by Gasteiger charge is 2.09. The number of anilines is 2. The van der Waals surface area contributed by atoms with Crippen molar-refractivity contribution < 1.29 is 14.3 Å². The first kappa shape index (κ1) is 20.6. The summed E-state index contributed by atoms with van der Waals surface area (Å²) < 4.78 is 6.48. The van der Waals surface area contributed by atoms with Crippen molar-refractivity contribution in [3.05, 3.63) is 88.4 Å². The number of rotatable bonds is 7. The van der Waals surface area contributed by atoms with E-state index in [0.29, 0.717) is 34.9 Å². The molecule has 2 amide bonds. The zero-order chi connectivity index (χ0) is 20.6. The van der Waals surface area contributed by atoms with Crippen molar-refractivity contribution in [2.24, 2.45) is 0 Å². The standard InChI is InChI=1S/C23H21BrN2O3/c1-2-14-29-21-5-3-4-17(15-21)23(28)26-20-12-10-19(11-13-20)25-22(27)16-6-8-18(24)9-7-16/h3-13,15H,2,14H2,1H3,(H,25,27)(H,26,28). The molecule has 0 aromatic heterocycles. The Bertz CT molecular complexity index is 986. The molecule has 0 saturated carbocycles. The lowest BCUT2D eigenvalue weighted by Crippen LogP contribution is -2.13. The maximum Gasteiger partial charge on any atom is 0.255 e. The number of hydrogen-bond donors (Lipinski definition) is 2. The summed E-state index contributed by atoms with van der Waals surface area (Å²) in [7, 11) is 0. The molecule has 0 spiro atoms. The third-order valence-corrected chi connectivity index (χ3v) is 4.60. The SMILES string of the molecule is CCCOc1cccc(C(=O)Nc2ccc(NC(=O)c3ccc(Br)cc3)cc2)c1. The van der Waals surface area contributed by atoms with Gasteiger partial charge in [0, 0.05) is 27.0 Å². The molecule has 0 unspecified atom stereocenters. The molecule has 0 atom stereocenters. The Kier molecular flexibility index (Phi) is 7.03. The Balaban J connectivity index is 1.60. The molecule has 0 fully saturated rings. The molecule has 3 aromatic carbocycles. The number of nitrogens with one attached hydrogen (secondary N) is 2. The molecule has 0 heterocycles. The maximum absolute atomic E-state index is 12.5. The minimum atomic E-state index is -0.224. The molecule has 0 saturated heterocycles. The third-order valence-electron chi connectivity index (χ3n) is 4.08. The third kappa shape index (κ3) is 5.93. The predicted octanol–water partition coefficient (Wildman–Crippen LogP) is 5.74. The van der Waals surface area contributed by atoms with E-state index in [1.165, 1.54) is 0 Å². The van der Waals surface area contributed by atoms with Crippen LogP contribution in [0.4, 0.5) is 11.4 Å². The Morgan fingerprint density at radius 3 is 2.00 bits per heavy atom. The summed E-state index contributed by atoms with van der Waals surface area (Å²) in [5.74, 6) is 0.252. The average Bonchev–Trinajstić information content (AvgIpc) is 2.74. The fourth-order valence-corrected chi connectivity index (χ4v) is 2.86. The lowest BCUT2D eigenvalue weighted by atomic mass is 10.2. The molecule has 0 radical (unpaired) electrons. The fraction of sp³-hybridized carbons (Fsp3) is 0.130. The van der Waals surface area contributed by atoms with Crippen LogP contribution < -0.4 is 15.4 Å². The molecular weight excluding hydrogens is 432 g/mol. The van der Waals surface area contributed by atoms with Crippen molar-refractivity contribution in [1.29, 1.82) is 0 Å². The van der Waals surface area contributed by atoms with Crippen molar-refractivity contribution in [3.8, 4) is 5.75 Å². The van der Waals surface area contributed by atoms with E-state index in [1.807, 2.05) is 25.1 Å². The summed E-state index contributed by atoms with van der Waals surface area (Å²) >= 11 is 3.35. The summed E-state index contributed by atoms with van der Waals surface area (Å²) in [6, 6.07) is 21.2. The normalized spacial score (nSPS) is 10.3. The molecule has 148 valence electrons. The summed E-state index contributed by atoms with van der Waals surface area (Å²) in [5, 5.41) is 5.68. The van der Waals surface area contributed by atoms with Crippen molar-refractivity contribution in [3.63, 3.8) is 0 Å². The van der Waals surface area contributed by atoms with Crippen LogP contribution >= 0.6 is 15.9 Å². The summed E-state index contributed by atoms with van der Waals surface area (Å²) in [5.41, 5.74) is 2.37. The highest BCUT2D eigenvalue weighted by atomic mass is 79.9. The van der Waals surface area contributed by atoms with Gasteiger partial charge in [-0.15, -0.1) is 0 Å². The molecule has 0 aliphatic rings. The van der Waals surface area contributed by atoms with Crippen molar-refractivity contribution in [2.75, 3.05) is 17.2 Å². The van der Waals surface area contributed by atoms with Crippen molar-refractivity contribution in [2.45, 2.75) is 13.3 Å². The number of amides is 2. The molecule has 29 heavy (non-hydrogen) atoms. The van der Waals surface area contributed by atoms with Crippen molar-refractivity contribution >= 4 is 39.1 Å². The van der Waals surface area contributed by atoms with Gasteiger partial charge in [-0.1, -0.05) is 28.9 Å². The van der Waals surface area contributed by atoms with Crippen LogP contribution in [0.15, 0.2) is 77.3 Å². The van der Waals surface area contributed by atoms with Gasteiger partial charge in [-0.05, 0) is 73.2 Å². The molecule has 5 nitrogen and oxygen atoms in total. The number of halogens is 1. The van der Waals surface area contributed by atoms with Gasteiger partial charge in [0.15, 0.2) is 0 Å². The van der Waals surface area contributed by atoms with Crippen molar-refractivity contribution in [1.82, 2.24) is 0 Å². The predicted molar refractivity (Wildman–Crippen MR) is 119 cm³/mol. The van der Waals surface area contributed by atoms with Crippen LogP contribution in [0.5, 0.6) is 5.75 Å². The van der Waals surface area contributed by atoms with Gasteiger partial charge >= 0.3 is 0 Å². The number of carbonyl (C=O) groups is 2. The Morgan fingerprint density at radius 1 is 0.828 bits per heavy atom. The van der Waals surface area contributed by atoms with Gasteiger partial charge in [-0.3, -0.25) is 9.59 Å². The topological polar surface area (TPSA) is 67.4 Å². The fourth-order valence-electron chi connectivity index (χ4n) is 2.59. The van der Waals surface area contributed by atoms with Gasteiger partial charge in [0.1, 0.15) is 5.75 Å². The summed E-state index contributed by atoms with van der Waals surface area (Å²) in [6.07, 6.45) is 0.904. The van der Waals surface area contributed by atoms with Crippen LogP contribution in [0.2, 0.25) is 0 Å². The second-order valence-electron chi connectivity index (χ2n) is 6.37. The van der Waals surface area contributed by atoms with Crippen LogP contribution in [0.1, 0.15) is 34.1 Å². The zero-order valence-electron chi connectivity index (χ0n) is 15.9. The van der Waals surface area contributed by atoms with E-state index in [2.05, 4.69) is 26.6 Å². The Morgan fingerprint density at radius 2 is 1.41 bits per heavy atom. The van der Waals surface area contributed by atoms with E-state index < -0.39 is 0 Å². The van der Waals surface area contributed by atoms with Gasteiger partial charge in [-0.25, -0.2) is 0 Å². The largest absolute Gasteiger partial charge is 0.494 e. The van der Waals surface area contributed by atoms with E-state index in [-0.39, 0.29) is 11.8 Å². The van der Waals surface area contributed by atoms with Gasteiger partial charge in [0.2, 0.25) is 0 Å². The Hall–Kier alpha value is -3.12. The van der Waals surface area contributed by atoms with Gasteiger partial charge < -0.3 is 15.4 Å². The second-order valence-corrected chi connectivity index (χ2v) is 7.28. The Labute approximate surface area is 178 Å². The zero-order valence-corrected chi connectivity index (χ0v) is 17.5. The van der Waals surface area contributed by atoms with E-state index in [0.717, 1.165) is 10.9 Å². The lowest BCUT2D eigenvalue weighted by molar-refractivity contribution is 0.101. The monoisotopic (exact) mass is 452 g/mol. The van der Waals surface area contributed by atoms with Crippen LogP contribution in [0, 0.1) is 0 Å². The van der Waals surface area contributed by atoms with Gasteiger partial charge in [0.05, 0.1) is 6.61 Å². The molecule has 0 aliphatic heterocycles. The number of carbonyl (C=O) groups excluding carboxylic acids is 2. The molecule has 2 N–H and O–H groups in total. The molecule has 3 aromatic rings. The summed E-state index contributed by atoms with van der Waals surface area (Å²) in [6.45, 7) is 2.64. The van der Waals surface area contributed by atoms with Crippen LogP contribution in [-0.2, 0) is 0 Å². The molecule has 6 heteroatoms. The minimum absolute atomic E-state index is 0.196. The highest BCUT2D eigenvalue weighted by molar-refractivity contribution is 9.10.